The minimum Gasteiger partial charge on any atom is -0.352 e. The predicted molar refractivity (Wildman–Crippen MR) is 140 cm³/mol. The molecule has 0 radical (unpaired) electrons. The first-order chi connectivity index (χ1) is 16.6. The third-order valence-corrected chi connectivity index (χ3v) is 7.85. The summed E-state index contributed by atoms with van der Waals surface area (Å²) in [5.41, 5.74) is 0.985. The number of nitrogens with one attached hydrogen (secondary N) is 1. The highest BCUT2D eigenvalue weighted by Crippen LogP contribution is 2.28. The highest BCUT2D eigenvalue weighted by atomic mass is 35.5. The largest absolute Gasteiger partial charge is 0.352 e. The normalized spacial score (nSPS) is 15.0. The molecule has 7 nitrogen and oxygen atoms in total. The lowest BCUT2D eigenvalue weighted by atomic mass is 10.1. The first-order valence-electron chi connectivity index (χ1n) is 11.7. The minimum absolute atomic E-state index is 0.0969. The van der Waals surface area contributed by atoms with E-state index in [4.69, 9.17) is 23.2 Å². The van der Waals surface area contributed by atoms with Crippen LogP contribution in [0, 0.1) is 0 Å². The minimum atomic E-state index is -3.84. The molecule has 1 aliphatic rings. The molecule has 0 aromatic heterocycles. The zero-order valence-corrected chi connectivity index (χ0v) is 22.2. The Balaban J connectivity index is 1.92. The highest BCUT2D eigenvalue weighted by molar-refractivity contribution is 7.92. The number of benzene rings is 2. The van der Waals surface area contributed by atoms with Gasteiger partial charge in [-0.15, -0.1) is 0 Å². The number of amides is 2. The molecule has 2 aromatic rings. The molecule has 0 saturated heterocycles. The molecule has 1 saturated carbocycles. The molecule has 0 bridgehead atoms. The molecule has 3 rings (SSSR count). The molecule has 35 heavy (non-hydrogen) atoms. The highest BCUT2D eigenvalue weighted by Gasteiger charge is 2.33. The molecule has 190 valence electrons. The van der Waals surface area contributed by atoms with Crippen LogP contribution >= 0.6 is 23.2 Å². The summed E-state index contributed by atoms with van der Waals surface area (Å²) in [7, 11) is -3.84. The number of carbonyl (C=O) groups excluding carboxylic acids is 2. The van der Waals surface area contributed by atoms with E-state index >= 15 is 0 Å². The van der Waals surface area contributed by atoms with Crippen LogP contribution in [0.3, 0.4) is 0 Å². The zero-order valence-electron chi connectivity index (χ0n) is 19.9. The number of carbonyl (C=O) groups is 2. The van der Waals surface area contributed by atoms with E-state index in [-0.39, 0.29) is 29.2 Å². The molecule has 10 heteroatoms. The fraction of sp³-hybridized carbons (Fsp3) is 0.440. The van der Waals surface area contributed by atoms with Gasteiger partial charge >= 0.3 is 0 Å². The first kappa shape index (κ1) is 27.3. The quantitative estimate of drug-likeness (QED) is 0.476. The van der Waals surface area contributed by atoms with Crippen LogP contribution in [0.25, 0.3) is 0 Å². The summed E-state index contributed by atoms with van der Waals surface area (Å²) < 4.78 is 26.3. The van der Waals surface area contributed by atoms with Crippen molar-refractivity contribution < 1.29 is 18.0 Å². The van der Waals surface area contributed by atoms with Gasteiger partial charge in [-0.05, 0) is 49.1 Å². The second-order valence-electron chi connectivity index (χ2n) is 8.78. The molecule has 2 aromatic carbocycles. The van der Waals surface area contributed by atoms with E-state index in [2.05, 4.69) is 5.32 Å². The van der Waals surface area contributed by atoms with E-state index in [1.807, 2.05) is 6.92 Å². The number of para-hydroxylation sites is 1. The molecule has 0 spiro atoms. The number of sulfonamides is 1. The van der Waals surface area contributed by atoms with Gasteiger partial charge in [0.05, 0.1) is 17.0 Å². The average molecular weight is 541 g/mol. The lowest BCUT2D eigenvalue weighted by molar-refractivity contribution is -0.140. The van der Waals surface area contributed by atoms with Gasteiger partial charge in [0.2, 0.25) is 21.8 Å². The maximum atomic E-state index is 13.7. The topological polar surface area (TPSA) is 86.8 Å². The van der Waals surface area contributed by atoms with Crippen molar-refractivity contribution in [1.82, 2.24) is 10.2 Å². The predicted octanol–water partition coefficient (Wildman–Crippen LogP) is 4.63. The van der Waals surface area contributed by atoms with Crippen molar-refractivity contribution in [2.45, 2.75) is 57.7 Å². The lowest BCUT2D eigenvalue weighted by Crippen LogP contribution is -2.53. The number of nitrogens with zero attached hydrogens (tertiary/aromatic N) is 2. The molecule has 1 aliphatic carbocycles. The first-order valence-corrected chi connectivity index (χ1v) is 14.3. The Morgan fingerprint density at radius 1 is 1.06 bits per heavy atom. The lowest BCUT2D eigenvalue weighted by Gasteiger charge is -2.33. The van der Waals surface area contributed by atoms with Gasteiger partial charge in [-0.2, -0.15) is 0 Å². The van der Waals surface area contributed by atoms with Crippen LogP contribution in [-0.2, 0) is 26.2 Å². The number of hydrogen-bond donors (Lipinski definition) is 1. The second kappa shape index (κ2) is 12.1. The molecular weight excluding hydrogens is 509 g/mol. The Bertz CT molecular complexity index is 1140. The van der Waals surface area contributed by atoms with E-state index in [0.29, 0.717) is 11.4 Å². The van der Waals surface area contributed by atoms with Gasteiger partial charge in [-0.25, -0.2) is 8.42 Å². The molecule has 1 atom stereocenters. The SMILES string of the molecule is CC[C@H](C(=O)NC1CCCC1)N(Cc1ccc(Cl)cc1)C(=O)CN(c1ccccc1Cl)S(C)(=O)=O. The monoisotopic (exact) mass is 539 g/mol. The molecule has 1 N–H and O–H groups in total. The summed E-state index contributed by atoms with van der Waals surface area (Å²) in [6.07, 6.45) is 5.37. The smallest absolute Gasteiger partial charge is 0.244 e. The summed E-state index contributed by atoms with van der Waals surface area (Å²) in [6.45, 7) is 1.49. The molecule has 0 aliphatic heterocycles. The summed E-state index contributed by atoms with van der Waals surface area (Å²) in [5, 5.41) is 3.84. The molecule has 0 unspecified atom stereocenters. The van der Waals surface area contributed by atoms with Crippen LogP contribution in [0.15, 0.2) is 48.5 Å². The van der Waals surface area contributed by atoms with Gasteiger partial charge < -0.3 is 10.2 Å². The Hall–Kier alpha value is -2.29. The summed E-state index contributed by atoms with van der Waals surface area (Å²) in [6, 6.07) is 12.8. The van der Waals surface area contributed by atoms with Gasteiger partial charge in [0.15, 0.2) is 0 Å². The Morgan fingerprint density at radius 3 is 2.26 bits per heavy atom. The van der Waals surface area contributed by atoms with Gasteiger partial charge in [0.1, 0.15) is 12.6 Å². The van der Waals surface area contributed by atoms with Crippen molar-refractivity contribution in [2.24, 2.45) is 0 Å². The Labute approximate surface area is 217 Å². The van der Waals surface area contributed by atoms with Crippen LogP contribution in [0.2, 0.25) is 10.0 Å². The van der Waals surface area contributed by atoms with Crippen LogP contribution in [0.4, 0.5) is 5.69 Å². The zero-order chi connectivity index (χ0) is 25.6. The van der Waals surface area contributed by atoms with Gasteiger partial charge in [-0.3, -0.25) is 13.9 Å². The third kappa shape index (κ3) is 7.35. The van der Waals surface area contributed by atoms with Crippen LogP contribution < -0.4 is 9.62 Å². The van der Waals surface area contributed by atoms with Crippen molar-refractivity contribution >= 4 is 50.7 Å². The standard InChI is InChI=1S/C25H31Cl2N3O4S/c1-3-22(25(32)28-20-8-4-5-9-20)29(16-18-12-14-19(26)15-13-18)24(31)17-30(35(2,33)34)23-11-7-6-10-21(23)27/h6-7,10-15,20,22H,3-5,8-9,16-17H2,1-2H3,(H,28,32)/t22-/m1/s1. The summed E-state index contributed by atoms with van der Waals surface area (Å²) >= 11 is 12.3. The van der Waals surface area contributed by atoms with Crippen molar-refractivity contribution in [3.63, 3.8) is 0 Å². The van der Waals surface area contributed by atoms with Crippen molar-refractivity contribution in [3.05, 3.63) is 64.1 Å². The number of halogens is 2. The maximum absolute atomic E-state index is 13.7. The number of rotatable bonds is 10. The van der Waals surface area contributed by atoms with E-state index < -0.39 is 28.5 Å². The molecule has 0 heterocycles. The summed E-state index contributed by atoms with van der Waals surface area (Å²) in [4.78, 5) is 28.4. The number of hydrogen-bond acceptors (Lipinski definition) is 4. The number of anilines is 1. The molecular formula is C25H31Cl2N3O4S. The van der Waals surface area contributed by atoms with Gasteiger partial charge in [0.25, 0.3) is 0 Å². The van der Waals surface area contributed by atoms with Crippen LogP contribution in [0.5, 0.6) is 0 Å². The Kier molecular flexibility index (Phi) is 9.44. The average Bonchev–Trinajstić information content (AvgIpc) is 3.31. The van der Waals surface area contributed by atoms with Crippen molar-refractivity contribution in [3.8, 4) is 0 Å². The fourth-order valence-corrected chi connectivity index (χ4v) is 5.60. The molecule has 2 amide bonds. The Morgan fingerprint density at radius 2 is 1.69 bits per heavy atom. The van der Waals surface area contributed by atoms with Gasteiger partial charge in [-0.1, -0.05) is 67.2 Å². The van der Waals surface area contributed by atoms with E-state index in [0.717, 1.165) is 41.8 Å². The van der Waals surface area contributed by atoms with Gasteiger partial charge in [0, 0.05) is 17.6 Å². The summed E-state index contributed by atoms with van der Waals surface area (Å²) in [5.74, 6) is -0.732. The van der Waals surface area contributed by atoms with E-state index in [9.17, 15) is 18.0 Å². The third-order valence-electron chi connectivity index (χ3n) is 6.15. The van der Waals surface area contributed by atoms with Crippen molar-refractivity contribution in [1.29, 1.82) is 0 Å². The van der Waals surface area contributed by atoms with Crippen LogP contribution in [0.1, 0.15) is 44.6 Å². The maximum Gasteiger partial charge on any atom is 0.244 e. The van der Waals surface area contributed by atoms with E-state index in [1.54, 1.807) is 48.5 Å². The van der Waals surface area contributed by atoms with Crippen LogP contribution in [-0.4, -0.2) is 50.0 Å². The molecule has 1 fully saturated rings. The van der Waals surface area contributed by atoms with E-state index in [1.165, 1.54) is 4.90 Å². The second-order valence-corrected chi connectivity index (χ2v) is 11.5. The fourth-order valence-electron chi connectivity index (χ4n) is 4.32. The van der Waals surface area contributed by atoms with Crippen molar-refractivity contribution in [2.75, 3.05) is 17.1 Å².